The first-order chi connectivity index (χ1) is 8.63. The number of amidine groups is 1. The fourth-order valence-corrected chi connectivity index (χ4v) is 1.53. The standard InChI is InChI=1S/C9H7Cl2N5O2/c10-4-2-1-3-5(6(4)11)13-9(14-17)7-8(12)16-18-15-7/h1-3,17H,(H2,12,16)(H,13,14). The van der Waals surface area contributed by atoms with Gasteiger partial charge in [-0.2, -0.15) is 0 Å². The second-order valence-corrected chi connectivity index (χ2v) is 3.93. The molecule has 0 saturated heterocycles. The summed E-state index contributed by atoms with van der Waals surface area (Å²) >= 11 is 11.8. The molecule has 0 aliphatic carbocycles. The minimum Gasteiger partial charge on any atom is -0.379 e. The van der Waals surface area contributed by atoms with Crippen molar-refractivity contribution in [2.45, 2.75) is 0 Å². The van der Waals surface area contributed by atoms with Gasteiger partial charge in [0.1, 0.15) is 0 Å². The molecule has 0 saturated carbocycles. The average molecular weight is 288 g/mol. The molecular weight excluding hydrogens is 281 g/mol. The molecule has 4 N–H and O–H groups in total. The highest BCUT2D eigenvalue weighted by molar-refractivity contribution is 6.43. The van der Waals surface area contributed by atoms with Crippen LogP contribution in [-0.4, -0.2) is 21.4 Å². The molecule has 0 aliphatic heterocycles. The van der Waals surface area contributed by atoms with Crippen molar-refractivity contribution in [3.63, 3.8) is 0 Å². The molecule has 0 spiro atoms. The van der Waals surface area contributed by atoms with Crippen LogP contribution in [0.5, 0.6) is 0 Å². The summed E-state index contributed by atoms with van der Waals surface area (Å²) < 4.78 is 4.40. The number of aromatic nitrogens is 2. The zero-order valence-corrected chi connectivity index (χ0v) is 10.3. The van der Waals surface area contributed by atoms with Crippen LogP contribution in [0.1, 0.15) is 5.69 Å². The molecule has 1 aromatic carbocycles. The quantitative estimate of drug-likeness (QED) is 0.443. The van der Waals surface area contributed by atoms with Gasteiger partial charge in [-0.15, -0.1) is 0 Å². The number of benzene rings is 1. The summed E-state index contributed by atoms with van der Waals surface area (Å²) in [6, 6.07) is 4.88. The molecule has 18 heavy (non-hydrogen) atoms. The molecule has 9 heteroatoms. The summed E-state index contributed by atoms with van der Waals surface area (Å²) in [6.07, 6.45) is 0. The lowest BCUT2D eigenvalue weighted by molar-refractivity contribution is 0.234. The Kier molecular flexibility index (Phi) is 3.66. The molecule has 0 aliphatic rings. The van der Waals surface area contributed by atoms with Gasteiger partial charge in [0, 0.05) is 0 Å². The van der Waals surface area contributed by atoms with E-state index in [-0.39, 0.29) is 22.4 Å². The fraction of sp³-hybridized carbons (Fsp3) is 0. The van der Waals surface area contributed by atoms with Crippen LogP contribution in [0.3, 0.4) is 0 Å². The summed E-state index contributed by atoms with van der Waals surface area (Å²) in [5.41, 5.74) is 7.73. The second-order valence-electron chi connectivity index (χ2n) is 3.14. The van der Waals surface area contributed by atoms with E-state index in [1.165, 1.54) is 0 Å². The summed E-state index contributed by atoms with van der Waals surface area (Å²) in [5.74, 6) is -0.0774. The van der Waals surface area contributed by atoms with Crippen LogP contribution < -0.4 is 11.2 Å². The molecule has 0 amide bonds. The zero-order valence-electron chi connectivity index (χ0n) is 8.76. The lowest BCUT2D eigenvalue weighted by Gasteiger charge is -2.03. The van der Waals surface area contributed by atoms with Crippen LogP contribution in [0, 0.1) is 0 Å². The van der Waals surface area contributed by atoms with Crippen molar-refractivity contribution in [1.82, 2.24) is 15.8 Å². The van der Waals surface area contributed by atoms with Gasteiger partial charge >= 0.3 is 0 Å². The number of aliphatic imine (C=N–C) groups is 1. The van der Waals surface area contributed by atoms with Gasteiger partial charge in [0.05, 0.1) is 15.7 Å². The van der Waals surface area contributed by atoms with Gasteiger partial charge in [0.2, 0.25) is 0 Å². The largest absolute Gasteiger partial charge is 0.379 e. The highest BCUT2D eigenvalue weighted by Crippen LogP contribution is 2.32. The molecule has 7 nitrogen and oxygen atoms in total. The molecule has 2 rings (SSSR count). The predicted octanol–water partition coefficient (Wildman–Crippen LogP) is 2.02. The van der Waals surface area contributed by atoms with E-state index in [2.05, 4.69) is 19.9 Å². The minimum atomic E-state index is -0.0575. The summed E-state index contributed by atoms with van der Waals surface area (Å²) in [5, 5.41) is 16.5. The molecule has 0 unspecified atom stereocenters. The Bertz CT molecular complexity index is 598. The van der Waals surface area contributed by atoms with Gasteiger partial charge in [-0.05, 0) is 22.4 Å². The van der Waals surface area contributed by atoms with Crippen molar-refractivity contribution >= 4 is 40.5 Å². The van der Waals surface area contributed by atoms with Crippen LogP contribution in [0.25, 0.3) is 0 Å². The monoisotopic (exact) mass is 287 g/mol. The number of halogens is 2. The highest BCUT2D eigenvalue weighted by atomic mass is 35.5. The molecule has 0 atom stereocenters. The van der Waals surface area contributed by atoms with Crippen molar-refractivity contribution in [3.8, 4) is 0 Å². The lowest BCUT2D eigenvalue weighted by Crippen LogP contribution is -2.21. The molecule has 1 aromatic heterocycles. The Morgan fingerprint density at radius 3 is 2.78 bits per heavy atom. The van der Waals surface area contributed by atoms with Gasteiger partial charge in [0.15, 0.2) is 17.3 Å². The molecule has 0 bridgehead atoms. The van der Waals surface area contributed by atoms with E-state index in [1.807, 2.05) is 5.48 Å². The Morgan fingerprint density at radius 2 is 2.17 bits per heavy atom. The number of hydrogen-bond donors (Lipinski definition) is 3. The summed E-state index contributed by atoms with van der Waals surface area (Å²) in [7, 11) is 0. The van der Waals surface area contributed by atoms with E-state index in [0.717, 1.165) is 0 Å². The first-order valence-corrected chi connectivity index (χ1v) is 5.40. The van der Waals surface area contributed by atoms with E-state index >= 15 is 0 Å². The molecule has 0 radical (unpaired) electrons. The highest BCUT2D eigenvalue weighted by Gasteiger charge is 2.14. The van der Waals surface area contributed by atoms with Gasteiger partial charge in [-0.3, -0.25) is 10.7 Å². The third-order valence-corrected chi connectivity index (χ3v) is 2.82. The minimum absolute atomic E-state index is 0.0200. The molecule has 94 valence electrons. The number of anilines is 1. The molecule has 1 heterocycles. The van der Waals surface area contributed by atoms with Crippen LogP contribution in [0.2, 0.25) is 10.0 Å². The van der Waals surface area contributed by atoms with Gasteiger partial charge < -0.3 is 5.73 Å². The van der Waals surface area contributed by atoms with Crippen molar-refractivity contribution in [2.75, 3.05) is 5.73 Å². The number of hydrogen-bond acceptors (Lipinski definition) is 6. The zero-order chi connectivity index (χ0) is 13.1. The maximum atomic E-state index is 9.02. The number of nitrogen functional groups attached to an aromatic ring is 1. The van der Waals surface area contributed by atoms with Crippen LogP contribution in [0.4, 0.5) is 11.5 Å². The smallest absolute Gasteiger partial charge is 0.199 e. The molecule has 0 fully saturated rings. The predicted molar refractivity (Wildman–Crippen MR) is 66.3 cm³/mol. The summed E-state index contributed by atoms with van der Waals surface area (Å²) in [6.45, 7) is 0. The van der Waals surface area contributed by atoms with Gasteiger partial charge in [0.25, 0.3) is 0 Å². The molecular formula is C9H7Cl2N5O2. The number of hydroxylamine groups is 1. The fourth-order valence-electron chi connectivity index (χ4n) is 1.19. The first-order valence-electron chi connectivity index (χ1n) is 4.64. The van der Waals surface area contributed by atoms with Crippen molar-refractivity contribution in [3.05, 3.63) is 33.9 Å². The third kappa shape index (κ3) is 2.37. The Hall–Kier alpha value is -1.83. The van der Waals surface area contributed by atoms with Crippen molar-refractivity contribution in [1.29, 1.82) is 0 Å². The van der Waals surface area contributed by atoms with Crippen molar-refractivity contribution in [2.24, 2.45) is 4.99 Å². The topological polar surface area (TPSA) is 110 Å². The Morgan fingerprint density at radius 1 is 1.39 bits per heavy atom. The van der Waals surface area contributed by atoms with Crippen LogP contribution in [-0.2, 0) is 0 Å². The SMILES string of the molecule is Nc1nonc1C(=Nc1cccc(Cl)c1Cl)NO. The normalized spacial score (nSPS) is 11.6. The third-order valence-electron chi connectivity index (χ3n) is 2.01. The number of rotatable bonds is 2. The van der Waals surface area contributed by atoms with Gasteiger partial charge in [-0.1, -0.05) is 29.3 Å². The first kappa shape index (κ1) is 12.6. The number of nitrogens with zero attached hydrogens (tertiary/aromatic N) is 3. The Labute approximate surface area is 111 Å². The average Bonchev–Trinajstić information content (AvgIpc) is 2.77. The number of nitrogens with two attached hydrogens (primary N) is 1. The Balaban J connectivity index is 2.48. The van der Waals surface area contributed by atoms with Crippen LogP contribution >= 0.6 is 23.2 Å². The van der Waals surface area contributed by atoms with E-state index in [1.54, 1.807) is 18.2 Å². The van der Waals surface area contributed by atoms with E-state index < -0.39 is 0 Å². The van der Waals surface area contributed by atoms with Crippen LogP contribution in [0.15, 0.2) is 27.8 Å². The van der Waals surface area contributed by atoms with E-state index in [0.29, 0.717) is 10.7 Å². The number of nitrogens with one attached hydrogen (secondary N) is 1. The lowest BCUT2D eigenvalue weighted by atomic mass is 10.3. The molecule has 2 aromatic rings. The second kappa shape index (κ2) is 5.21. The van der Waals surface area contributed by atoms with E-state index in [4.69, 9.17) is 34.1 Å². The van der Waals surface area contributed by atoms with E-state index in [9.17, 15) is 0 Å². The van der Waals surface area contributed by atoms with Gasteiger partial charge in [-0.25, -0.2) is 9.62 Å². The maximum Gasteiger partial charge on any atom is 0.199 e. The summed E-state index contributed by atoms with van der Waals surface area (Å²) in [4.78, 5) is 4.04. The van der Waals surface area contributed by atoms with Crippen molar-refractivity contribution < 1.29 is 9.84 Å². The maximum absolute atomic E-state index is 9.02.